The number of hydrogen-bond donors (Lipinski definition) is 1. The maximum Gasteiger partial charge on any atom is 0.259 e. The number of aryl methyl sites for hydroxylation is 1. The van der Waals surface area contributed by atoms with Gasteiger partial charge in [-0.2, -0.15) is 0 Å². The van der Waals surface area contributed by atoms with E-state index in [0.29, 0.717) is 24.0 Å². The molecule has 6 nitrogen and oxygen atoms in total. The Morgan fingerprint density at radius 2 is 1.93 bits per heavy atom. The van der Waals surface area contributed by atoms with Crippen LogP contribution in [0, 0.1) is 6.92 Å². The van der Waals surface area contributed by atoms with Crippen molar-refractivity contribution in [1.29, 1.82) is 0 Å². The number of amides is 2. The highest BCUT2D eigenvalue weighted by Crippen LogP contribution is 2.34. The number of carbonyl (C=O) groups excluding carboxylic acids is 2. The lowest BCUT2D eigenvalue weighted by molar-refractivity contribution is -0.124. The number of nitrogens with one attached hydrogen (secondary N) is 1. The van der Waals surface area contributed by atoms with E-state index in [0.717, 1.165) is 23.2 Å². The summed E-state index contributed by atoms with van der Waals surface area (Å²) in [6.07, 6.45) is 1.58. The van der Waals surface area contributed by atoms with Gasteiger partial charge in [0.15, 0.2) is 5.17 Å². The van der Waals surface area contributed by atoms with Crippen LogP contribution in [-0.2, 0) is 16.1 Å². The van der Waals surface area contributed by atoms with Crippen LogP contribution >= 0.6 is 11.8 Å². The molecule has 0 bridgehead atoms. The minimum atomic E-state index is -0.377. The molecule has 2 amide bonds. The van der Waals surface area contributed by atoms with Crippen molar-refractivity contribution in [3.05, 3.63) is 65.2 Å². The Morgan fingerprint density at radius 3 is 2.70 bits per heavy atom. The van der Waals surface area contributed by atoms with Gasteiger partial charge in [-0.05, 0) is 31.0 Å². The first-order valence-electron chi connectivity index (χ1n) is 10.1. The molecule has 0 fully saturated rings. The molecule has 4 rings (SSSR count). The summed E-state index contributed by atoms with van der Waals surface area (Å²) in [6, 6.07) is 15.4. The number of carbonyl (C=O) groups is 2. The van der Waals surface area contributed by atoms with E-state index in [1.807, 2.05) is 62.4 Å². The topological polar surface area (TPSA) is 74.1 Å². The number of para-hydroxylation sites is 1. The summed E-state index contributed by atoms with van der Waals surface area (Å²) in [7, 11) is 0. The number of benzene rings is 2. The Kier molecular flexibility index (Phi) is 5.99. The van der Waals surface area contributed by atoms with Crippen LogP contribution < -0.4 is 5.32 Å². The molecule has 7 heteroatoms. The third kappa shape index (κ3) is 4.16. The van der Waals surface area contributed by atoms with Crippen LogP contribution in [0.5, 0.6) is 0 Å². The van der Waals surface area contributed by atoms with E-state index in [9.17, 15) is 9.59 Å². The van der Waals surface area contributed by atoms with Gasteiger partial charge in [0.2, 0.25) is 5.91 Å². The van der Waals surface area contributed by atoms with E-state index in [1.54, 1.807) is 4.90 Å². The first kappa shape index (κ1) is 20.3. The normalized spacial score (nSPS) is 17.2. The lowest BCUT2D eigenvalue weighted by atomic mass is 10.1. The molecule has 0 unspecified atom stereocenters. The average molecular weight is 421 g/mol. The van der Waals surface area contributed by atoms with Gasteiger partial charge in [0.1, 0.15) is 11.9 Å². The predicted octanol–water partition coefficient (Wildman–Crippen LogP) is 3.80. The molecule has 0 spiro atoms. The molecule has 0 saturated carbocycles. The molecule has 1 atom stereocenters. The Morgan fingerprint density at radius 1 is 1.17 bits per heavy atom. The second-order valence-electron chi connectivity index (χ2n) is 7.39. The Labute approximate surface area is 180 Å². The van der Waals surface area contributed by atoms with Crippen molar-refractivity contribution < 1.29 is 9.59 Å². The van der Waals surface area contributed by atoms with Gasteiger partial charge in [-0.1, -0.05) is 67.1 Å². The van der Waals surface area contributed by atoms with Gasteiger partial charge in [-0.3, -0.25) is 14.6 Å². The first-order chi connectivity index (χ1) is 14.6. The fourth-order valence-electron chi connectivity index (χ4n) is 3.45. The minimum absolute atomic E-state index is 0.0623. The number of thioether (sulfide) groups is 1. The van der Waals surface area contributed by atoms with Crippen molar-refractivity contribution in [3.8, 4) is 0 Å². The summed E-state index contributed by atoms with van der Waals surface area (Å²) in [5, 5.41) is 3.44. The molecule has 2 aromatic rings. The van der Waals surface area contributed by atoms with Gasteiger partial charge in [0, 0.05) is 12.1 Å². The smallest absolute Gasteiger partial charge is 0.259 e. The lowest BCUT2D eigenvalue weighted by Gasteiger charge is -2.25. The molecule has 2 aliphatic heterocycles. The summed E-state index contributed by atoms with van der Waals surface area (Å²) < 4.78 is 0. The van der Waals surface area contributed by atoms with Crippen LogP contribution in [0.4, 0.5) is 5.69 Å². The van der Waals surface area contributed by atoms with Crippen molar-refractivity contribution in [2.75, 3.05) is 5.75 Å². The summed E-state index contributed by atoms with van der Waals surface area (Å²) >= 11 is 1.27. The van der Waals surface area contributed by atoms with Gasteiger partial charge < -0.3 is 5.32 Å². The van der Waals surface area contributed by atoms with E-state index in [2.05, 4.69) is 15.3 Å². The number of fused-ring (bicyclic) bond motifs is 3. The minimum Gasteiger partial charge on any atom is -0.351 e. The number of nitrogens with zero attached hydrogens (tertiary/aromatic N) is 3. The van der Waals surface area contributed by atoms with Crippen molar-refractivity contribution in [2.45, 2.75) is 39.3 Å². The SMILES string of the molecule is CCC[C@H]1N=C2c3ccccc3N=C(SCC(=O)NCc3ccc(C)cc3)N2C1=O. The van der Waals surface area contributed by atoms with Crippen molar-refractivity contribution >= 4 is 40.3 Å². The molecule has 154 valence electrons. The Balaban J connectivity index is 1.46. The largest absolute Gasteiger partial charge is 0.351 e. The molecular formula is C23H24N4O2S. The van der Waals surface area contributed by atoms with Crippen LogP contribution in [0.1, 0.15) is 36.5 Å². The van der Waals surface area contributed by atoms with Gasteiger partial charge >= 0.3 is 0 Å². The van der Waals surface area contributed by atoms with Crippen molar-refractivity contribution in [3.63, 3.8) is 0 Å². The molecule has 30 heavy (non-hydrogen) atoms. The zero-order valence-electron chi connectivity index (χ0n) is 17.1. The Hall–Kier alpha value is -2.93. The molecule has 2 heterocycles. The zero-order chi connectivity index (χ0) is 21.1. The molecule has 1 N–H and O–H groups in total. The monoisotopic (exact) mass is 420 g/mol. The molecule has 2 aliphatic rings. The van der Waals surface area contributed by atoms with E-state index in [1.165, 1.54) is 17.3 Å². The molecule has 0 aromatic heterocycles. The van der Waals surface area contributed by atoms with E-state index >= 15 is 0 Å². The maximum absolute atomic E-state index is 12.9. The second-order valence-corrected chi connectivity index (χ2v) is 8.34. The summed E-state index contributed by atoms with van der Waals surface area (Å²) in [6.45, 7) is 4.55. The third-order valence-electron chi connectivity index (χ3n) is 5.05. The first-order valence-corrected chi connectivity index (χ1v) is 11.1. The second kappa shape index (κ2) is 8.83. The van der Waals surface area contributed by atoms with E-state index in [4.69, 9.17) is 0 Å². The summed E-state index contributed by atoms with van der Waals surface area (Å²) in [5.41, 5.74) is 3.87. The number of amidine groups is 2. The van der Waals surface area contributed by atoms with Gasteiger partial charge in [-0.25, -0.2) is 9.89 Å². The highest BCUT2D eigenvalue weighted by Gasteiger charge is 2.40. The Bertz CT molecular complexity index is 1030. The van der Waals surface area contributed by atoms with Gasteiger partial charge in [0.25, 0.3) is 5.91 Å². The van der Waals surface area contributed by atoms with Crippen molar-refractivity contribution in [2.24, 2.45) is 9.98 Å². The highest BCUT2D eigenvalue weighted by atomic mass is 32.2. The van der Waals surface area contributed by atoms with Crippen LogP contribution in [0.25, 0.3) is 0 Å². The van der Waals surface area contributed by atoms with Crippen LogP contribution in [0.2, 0.25) is 0 Å². The predicted molar refractivity (Wildman–Crippen MR) is 121 cm³/mol. The molecule has 0 saturated heterocycles. The molecular weight excluding hydrogens is 396 g/mol. The molecule has 2 aromatic carbocycles. The van der Waals surface area contributed by atoms with E-state index < -0.39 is 0 Å². The van der Waals surface area contributed by atoms with Crippen LogP contribution in [-0.4, -0.2) is 39.5 Å². The molecule has 0 aliphatic carbocycles. The van der Waals surface area contributed by atoms with Crippen LogP contribution in [0.3, 0.4) is 0 Å². The maximum atomic E-state index is 12.9. The summed E-state index contributed by atoms with van der Waals surface area (Å²) in [5.74, 6) is 0.666. The highest BCUT2D eigenvalue weighted by molar-refractivity contribution is 8.14. The molecule has 0 radical (unpaired) electrons. The van der Waals surface area contributed by atoms with Crippen molar-refractivity contribution in [1.82, 2.24) is 10.2 Å². The van der Waals surface area contributed by atoms with Gasteiger partial charge in [0.05, 0.1) is 11.4 Å². The quantitative estimate of drug-likeness (QED) is 0.772. The number of aliphatic imine (C=N–C) groups is 2. The zero-order valence-corrected chi connectivity index (χ0v) is 17.9. The number of hydrogen-bond acceptors (Lipinski definition) is 5. The third-order valence-corrected chi connectivity index (χ3v) is 5.99. The lowest BCUT2D eigenvalue weighted by Crippen LogP contribution is -2.41. The standard InChI is InChI=1S/C23H24N4O2S/c1-3-6-19-22(29)27-21(25-19)17-7-4-5-8-18(17)26-23(27)30-14-20(28)24-13-16-11-9-15(2)10-12-16/h4-5,7-12,19H,3,6,13-14H2,1-2H3,(H,24,28)/t19-/m1/s1. The fraction of sp³-hybridized carbons (Fsp3) is 0.304. The average Bonchev–Trinajstić information content (AvgIpc) is 3.08. The number of rotatable bonds is 6. The van der Waals surface area contributed by atoms with Crippen LogP contribution in [0.15, 0.2) is 58.5 Å². The van der Waals surface area contributed by atoms with Gasteiger partial charge in [-0.15, -0.1) is 0 Å². The van der Waals surface area contributed by atoms with E-state index in [-0.39, 0.29) is 23.6 Å². The summed E-state index contributed by atoms with van der Waals surface area (Å²) in [4.78, 5) is 36.3. The fourth-order valence-corrected chi connectivity index (χ4v) is 4.28.